The van der Waals surface area contributed by atoms with E-state index in [9.17, 15) is 9.59 Å². The summed E-state index contributed by atoms with van der Waals surface area (Å²) >= 11 is 0. The van der Waals surface area contributed by atoms with Gasteiger partial charge in [0.1, 0.15) is 5.75 Å². The molecule has 0 bridgehead atoms. The molecule has 1 aromatic carbocycles. The highest BCUT2D eigenvalue weighted by Gasteiger charge is 2.40. The number of amides is 1. The van der Waals surface area contributed by atoms with Gasteiger partial charge in [-0.25, -0.2) is 0 Å². The van der Waals surface area contributed by atoms with Crippen LogP contribution in [0.5, 0.6) is 5.75 Å². The monoisotopic (exact) mass is 278 g/mol. The van der Waals surface area contributed by atoms with Gasteiger partial charge in [-0.15, -0.1) is 0 Å². The number of ether oxygens (including phenoxy) is 1. The number of methoxy groups -OCH3 is 1. The van der Waals surface area contributed by atoms with Gasteiger partial charge in [0, 0.05) is 5.69 Å². The standard InChI is InChI=1S/C14H18N2O4/c1-20-9-3-4-11(15)10(7-9)13(19)16-14(5-2-6-14)8-12(17)18/h3-4,7H,2,5-6,8,15H2,1H3,(H,16,19)(H,17,18). The fourth-order valence-electron chi connectivity index (χ4n) is 2.41. The summed E-state index contributed by atoms with van der Waals surface area (Å²) in [5, 5.41) is 11.8. The van der Waals surface area contributed by atoms with Crippen molar-refractivity contribution in [2.75, 3.05) is 12.8 Å². The van der Waals surface area contributed by atoms with Crippen LogP contribution in [-0.4, -0.2) is 29.6 Å². The van der Waals surface area contributed by atoms with Crippen molar-refractivity contribution in [2.45, 2.75) is 31.2 Å². The highest BCUT2D eigenvalue weighted by molar-refractivity contribution is 6.00. The van der Waals surface area contributed by atoms with E-state index in [4.69, 9.17) is 15.6 Å². The molecule has 1 amide bonds. The number of benzene rings is 1. The van der Waals surface area contributed by atoms with Crippen molar-refractivity contribution >= 4 is 17.6 Å². The zero-order chi connectivity index (χ0) is 14.8. The molecule has 108 valence electrons. The first-order valence-electron chi connectivity index (χ1n) is 6.44. The molecule has 20 heavy (non-hydrogen) atoms. The van der Waals surface area contributed by atoms with E-state index in [1.807, 2.05) is 0 Å². The molecule has 0 atom stereocenters. The first kappa shape index (κ1) is 14.2. The van der Waals surface area contributed by atoms with Gasteiger partial charge in [0.15, 0.2) is 0 Å². The minimum atomic E-state index is -0.913. The molecule has 1 aliphatic carbocycles. The van der Waals surface area contributed by atoms with Crippen LogP contribution in [0.4, 0.5) is 5.69 Å². The van der Waals surface area contributed by atoms with Gasteiger partial charge in [-0.3, -0.25) is 9.59 Å². The van der Waals surface area contributed by atoms with Crippen LogP contribution in [-0.2, 0) is 4.79 Å². The number of carboxylic acid groups (broad SMARTS) is 1. The molecule has 0 unspecified atom stereocenters. The minimum absolute atomic E-state index is 0.0669. The normalized spacial score (nSPS) is 16.1. The molecule has 0 heterocycles. The van der Waals surface area contributed by atoms with Crippen molar-refractivity contribution in [3.63, 3.8) is 0 Å². The lowest BCUT2D eigenvalue weighted by Gasteiger charge is -2.41. The smallest absolute Gasteiger partial charge is 0.305 e. The van der Waals surface area contributed by atoms with Crippen LogP contribution < -0.4 is 15.8 Å². The van der Waals surface area contributed by atoms with Crippen molar-refractivity contribution in [3.05, 3.63) is 23.8 Å². The topological polar surface area (TPSA) is 102 Å². The quantitative estimate of drug-likeness (QED) is 0.707. The predicted molar refractivity (Wildman–Crippen MR) is 73.7 cm³/mol. The Labute approximate surface area is 116 Å². The molecule has 0 spiro atoms. The Morgan fingerprint density at radius 3 is 2.65 bits per heavy atom. The van der Waals surface area contributed by atoms with Gasteiger partial charge in [0.2, 0.25) is 0 Å². The molecule has 6 heteroatoms. The molecule has 1 saturated carbocycles. The molecule has 0 aliphatic heterocycles. The van der Waals surface area contributed by atoms with Crippen molar-refractivity contribution in [2.24, 2.45) is 0 Å². The van der Waals surface area contributed by atoms with Gasteiger partial charge in [-0.05, 0) is 37.5 Å². The number of nitrogen functional groups attached to an aromatic ring is 1. The van der Waals surface area contributed by atoms with Crippen molar-refractivity contribution < 1.29 is 19.4 Å². The molecule has 1 aliphatic rings. The molecule has 1 aromatic rings. The van der Waals surface area contributed by atoms with Crippen LogP contribution in [0.1, 0.15) is 36.0 Å². The maximum Gasteiger partial charge on any atom is 0.305 e. The van der Waals surface area contributed by atoms with Crippen LogP contribution in [0.3, 0.4) is 0 Å². The number of carbonyl (C=O) groups is 2. The van der Waals surface area contributed by atoms with Crippen LogP contribution in [0.25, 0.3) is 0 Å². The summed E-state index contributed by atoms with van der Waals surface area (Å²) in [5.41, 5.74) is 5.80. The van der Waals surface area contributed by atoms with E-state index in [1.165, 1.54) is 7.11 Å². The molecule has 1 fully saturated rings. The highest BCUT2D eigenvalue weighted by Crippen LogP contribution is 2.35. The molecule has 0 aromatic heterocycles. The second-order valence-electron chi connectivity index (χ2n) is 5.11. The molecule has 6 nitrogen and oxygen atoms in total. The van der Waals surface area contributed by atoms with Crippen molar-refractivity contribution in [1.29, 1.82) is 0 Å². The molecule has 0 radical (unpaired) electrons. The lowest BCUT2D eigenvalue weighted by atomic mass is 9.74. The van der Waals surface area contributed by atoms with E-state index in [0.717, 1.165) is 6.42 Å². The number of nitrogens with one attached hydrogen (secondary N) is 1. The van der Waals surface area contributed by atoms with Gasteiger partial charge in [-0.1, -0.05) is 0 Å². The number of nitrogens with two attached hydrogens (primary N) is 1. The van der Waals surface area contributed by atoms with Crippen molar-refractivity contribution in [3.8, 4) is 5.75 Å². The predicted octanol–water partition coefficient (Wildman–Crippen LogP) is 1.40. The highest BCUT2D eigenvalue weighted by atomic mass is 16.5. The second kappa shape index (κ2) is 5.40. The maximum atomic E-state index is 12.3. The lowest BCUT2D eigenvalue weighted by Crippen LogP contribution is -2.54. The number of anilines is 1. The van der Waals surface area contributed by atoms with Gasteiger partial charge < -0.3 is 20.9 Å². The molecular weight excluding hydrogens is 260 g/mol. The molecule has 0 saturated heterocycles. The summed E-state index contributed by atoms with van der Waals surface area (Å²) in [5.74, 6) is -0.740. The number of aliphatic carboxylic acids is 1. The van der Waals surface area contributed by atoms with Crippen LogP contribution >= 0.6 is 0 Å². The van der Waals surface area contributed by atoms with Gasteiger partial charge in [0.25, 0.3) is 5.91 Å². The Balaban J connectivity index is 2.17. The summed E-state index contributed by atoms with van der Waals surface area (Å²) < 4.78 is 5.07. The average molecular weight is 278 g/mol. The Kier molecular flexibility index (Phi) is 3.83. The van der Waals surface area contributed by atoms with Crippen LogP contribution in [0.15, 0.2) is 18.2 Å². The van der Waals surface area contributed by atoms with E-state index in [-0.39, 0.29) is 12.3 Å². The lowest BCUT2D eigenvalue weighted by molar-refractivity contribution is -0.139. The molecular formula is C14H18N2O4. The number of hydrogen-bond donors (Lipinski definition) is 3. The summed E-state index contributed by atoms with van der Waals surface area (Å²) in [7, 11) is 1.51. The van der Waals surface area contributed by atoms with Gasteiger partial charge >= 0.3 is 5.97 Å². The maximum absolute atomic E-state index is 12.3. The minimum Gasteiger partial charge on any atom is -0.497 e. The Morgan fingerprint density at radius 1 is 1.45 bits per heavy atom. The number of rotatable bonds is 5. The largest absolute Gasteiger partial charge is 0.497 e. The van der Waals surface area contributed by atoms with E-state index in [1.54, 1.807) is 18.2 Å². The third-order valence-corrected chi connectivity index (χ3v) is 3.68. The number of hydrogen-bond acceptors (Lipinski definition) is 4. The van der Waals surface area contributed by atoms with E-state index < -0.39 is 11.5 Å². The molecule has 4 N–H and O–H groups in total. The fourth-order valence-corrected chi connectivity index (χ4v) is 2.41. The SMILES string of the molecule is COc1ccc(N)c(C(=O)NC2(CC(=O)O)CCC2)c1. The van der Waals surface area contributed by atoms with Gasteiger partial charge in [-0.2, -0.15) is 0 Å². The van der Waals surface area contributed by atoms with E-state index in [0.29, 0.717) is 29.8 Å². The Bertz CT molecular complexity index is 538. The summed E-state index contributed by atoms with van der Waals surface area (Å²) in [6.07, 6.45) is 2.20. The van der Waals surface area contributed by atoms with Gasteiger partial charge in [0.05, 0.1) is 24.6 Å². The van der Waals surface area contributed by atoms with Crippen LogP contribution in [0.2, 0.25) is 0 Å². The summed E-state index contributed by atoms with van der Waals surface area (Å²) in [6, 6.07) is 4.82. The Morgan fingerprint density at radius 2 is 2.15 bits per heavy atom. The van der Waals surface area contributed by atoms with E-state index in [2.05, 4.69) is 5.32 Å². The van der Waals surface area contributed by atoms with E-state index >= 15 is 0 Å². The number of carboxylic acids is 1. The zero-order valence-corrected chi connectivity index (χ0v) is 11.3. The summed E-state index contributed by atoms with van der Waals surface area (Å²) in [6.45, 7) is 0. The Hall–Kier alpha value is -2.24. The van der Waals surface area contributed by atoms with Crippen molar-refractivity contribution in [1.82, 2.24) is 5.32 Å². The third-order valence-electron chi connectivity index (χ3n) is 3.68. The third kappa shape index (κ3) is 2.84. The van der Waals surface area contributed by atoms with Crippen LogP contribution in [0, 0.1) is 0 Å². The number of carbonyl (C=O) groups excluding carboxylic acids is 1. The second-order valence-corrected chi connectivity index (χ2v) is 5.11. The summed E-state index contributed by atoms with van der Waals surface area (Å²) in [4.78, 5) is 23.2. The molecule has 2 rings (SSSR count). The first-order chi connectivity index (χ1) is 9.46. The average Bonchev–Trinajstić information content (AvgIpc) is 2.36. The first-order valence-corrected chi connectivity index (χ1v) is 6.44. The zero-order valence-electron chi connectivity index (χ0n) is 11.3. The fraction of sp³-hybridized carbons (Fsp3) is 0.429.